The van der Waals surface area contributed by atoms with E-state index in [1.165, 1.54) is 26.2 Å². The second-order valence-electron chi connectivity index (χ2n) is 8.04. The van der Waals surface area contributed by atoms with Gasteiger partial charge in [0.2, 0.25) is 5.91 Å². The molecule has 0 aliphatic rings. The summed E-state index contributed by atoms with van der Waals surface area (Å²) in [5.74, 6) is -0.362. The van der Waals surface area contributed by atoms with Gasteiger partial charge in [-0.1, -0.05) is 44.8 Å². The van der Waals surface area contributed by atoms with Crippen molar-refractivity contribution in [2.24, 2.45) is 0 Å². The summed E-state index contributed by atoms with van der Waals surface area (Å²) >= 11 is 0. The Balaban J connectivity index is 4.47. The topological polar surface area (TPSA) is 105 Å². The second kappa shape index (κ2) is 14.3. The van der Waals surface area contributed by atoms with Crippen molar-refractivity contribution in [3.05, 3.63) is 12.2 Å². The zero-order chi connectivity index (χ0) is 21.6. The summed E-state index contributed by atoms with van der Waals surface area (Å²) in [5, 5.41) is 12.8. The Morgan fingerprint density at radius 3 is 2.39 bits per heavy atom. The molecule has 0 aromatic carbocycles. The van der Waals surface area contributed by atoms with Crippen molar-refractivity contribution in [1.82, 2.24) is 5.32 Å². The number of amides is 1. The van der Waals surface area contributed by atoms with Gasteiger partial charge in [-0.15, -0.1) is 0 Å². The van der Waals surface area contributed by atoms with E-state index in [0.29, 0.717) is 11.0 Å². The Hall–Kier alpha value is -0.760. The van der Waals surface area contributed by atoms with E-state index in [-0.39, 0.29) is 19.1 Å². The van der Waals surface area contributed by atoms with Crippen LogP contribution in [0.5, 0.6) is 0 Å². The largest absolute Gasteiger partial charge is 0.472 e. The van der Waals surface area contributed by atoms with E-state index in [1.54, 1.807) is 6.08 Å². The fraction of sp³-hybridized carbons (Fsp3) is 0.842. The molecule has 3 unspecified atom stereocenters. The molecule has 0 fully saturated rings. The highest BCUT2D eigenvalue weighted by Crippen LogP contribution is 2.43. The first-order chi connectivity index (χ1) is 13.0. The first-order valence-electron chi connectivity index (χ1n) is 10.0. The Morgan fingerprint density at radius 1 is 1.18 bits per heavy atom. The maximum absolute atomic E-state index is 12.0. The minimum absolute atomic E-state index is 0.0581. The zero-order valence-corrected chi connectivity index (χ0v) is 19.0. The van der Waals surface area contributed by atoms with Crippen LogP contribution in [0.15, 0.2) is 12.2 Å². The van der Waals surface area contributed by atoms with Crippen molar-refractivity contribution in [3.63, 3.8) is 0 Å². The smallest absolute Gasteiger partial charge is 0.387 e. The predicted octanol–water partition coefficient (Wildman–Crippen LogP) is 2.61. The number of allylic oxidation sites excluding steroid dienone is 1. The van der Waals surface area contributed by atoms with Crippen LogP contribution < -0.4 is 5.32 Å². The number of aliphatic hydroxyl groups is 1. The molecule has 0 spiro atoms. The van der Waals surface area contributed by atoms with E-state index < -0.39 is 20.0 Å². The first kappa shape index (κ1) is 27.2. The predicted molar refractivity (Wildman–Crippen MR) is 111 cm³/mol. The molecule has 3 N–H and O–H groups in total. The maximum Gasteiger partial charge on any atom is 0.472 e. The van der Waals surface area contributed by atoms with E-state index in [2.05, 4.69) is 12.2 Å². The fourth-order valence-corrected chi connectivity index (χ4v) is 3.10. The van der Waals surface area contributed by atoms with Gasteiger partial charge in [-0.2, -0.15) is 0 Å². The fourth-order valence-electron chi connectivity index (χ4n) is 2.36. The lowest BCUT2D eigenvalue weighted by Crippen LogP contribution is -2.44. The van der Waals surface area contributed by atoms with Crippen molar-refractivity contribution in [1.29, 1.82) is 0 Å². The van der Waals surface area contributed by atoms with Gasteiger partial charge in [-0.25, -0.2) is 4.57 Å². The minimum atomic E-state index is -4.26. The summed E-state index contributed by atoms with van der Waals surface area (Å²) in [6.07, 6.45) is 9.07. The van der Waals surface area contributed by atoms with Crippen molar-refractivity contribution < 1.29 is 32.9 Å². The Labute approximate surface area is 170 Å². The monoisotopic (exact) mass is 423 g/mol. The van der Waals surface area contributed by atoms with Crippen LogP contribution in [0.25, 0.3) is 0 Å². The highest BCUT2D eigenvalue weighted by molar-refractivity contribution is 7.47. The molecule has 9 heteroatoms. The summed E-state index contributed by atoms with van der Waals surface area (Å²) in [5.41, 5.74) is 0. The van der Waals surface area contributed by atoms with Gasteiger partial charge < -0.3 is 19.8 Å². The number of hydrogen-bond donors (Lipinski definition) is 3. The molecule has 0 saturated heterocycles. The summed E-state index contributed by atoms with van der Waals surface area (Å²) in [6.45, 7) is 3.74. The molecule has 0 saturated carbocycles. The van der Waals surface area contributed by atoms with Crippen molar-refractivity contribution in [3.8, 4) is 0 Å². The molecule has 0 radical (unpaired) electrons. The highest BCUT2D eigenvalue weighted by atomic mass is 31.2. The molecule has 0 rings (SSSR count). The van der Waals surface area contributed by atoms with Gasteiger partial charge in [-0.3, -0.25) is 13.8 Å². The molecular formula is C19H40N2O6P+. The van der Waals surface area contributed by atoms with E-state index in [9.17, 15) is 19.4 Å². The number of nitrogens with one attached hydrogen (secondary N) is 1. The van der Waals surface area contributed by atoms with Crippen LogP contribution in [0.3, 0.4) is 0 Å². The summed E-state index contributed by atoms with van der Waals surface area (Å²) in [6, 6.07) is -0.837. The average molecular weight is 424 g/mol. The van der Waals surface area contributed by atoms with E-state index in [1.807, 2.05) is 27.2 Å². The Bertz CT molecular complexity index is 507. The number of nitrogens with zero attached hydrogens (tertiary/aromatic N) is 1. The molecule has 0 bridgehead atoms. The van der Waals surface area contributed by atoms with Crippen LogP contribution in [-0.2, 0) is 18.4 Å². The van der Waals surface area contributed by atoms with E-state index in [4.69, 9.17) is 9.05 Å². The number of carbonyl (C=O) groups excluding carboxylic acids is 1. The number of unbranched alkanes of at least 4 members (excludes halogenated alkanes) is 5. The Morgan fingerprint density at radius 2 is 1.82 bits per heavy atom. The first-order valence-corrected chi connectivity index (χ1v) is 11.5. The summed E-state index contributed by atoms with van der Waals surface area (Å²) in [4.78, 5) is 21.2. The lowest BCUT2D eigenvalue weighted by Gasteiger charge is -2.25. The van der Waals surface area contributed by atoms with Crippen molar-refractivity contribution in [2.75, 3.05) is 40.9 Å². The van der Waals surface area contributed by atoms with Crippen LogP contribution in [-0.4, -0.2) is 73.4 Å². The highest BCUT2D eigenvalue weighted by Gasteiger charge is 2.27. The number of carbonyl (C=O) groups is 1. The molecule has 0 aromatic heterocycles. The molecule has 3 atom stereocenters. The number of aliphatic hydroxyl groups excluding tert-OH is 1. The van der Waals surface area contributed by atoms with Gasteiger partial charge in [0.25, 0.3) is 0 Å². The quantitative estimate of drug-likeness (QED) is 0.153. The van der Waals surface area contributed by atoms with Gasteiger partial charge in [0, 0.05) is 6.92 Å². The number of phosphoric acid groups is 1. The zero-order valence-electron chi connectivity index (χ0n) is 18.1. The molecule has 8 nitrogen and oxygen atoms in total. The normalized spacial score (nSPS) is 16.7. The van der Waals surface area contributed by atoms with Gasteiger partial charge in [0.1, 0.15) is 13.2 Å². The van der Waals surface area contributed by atoms with Crippen LogP contribution >= 0.6 is 7.82 Å². The van der Waals surface area contributed by atoms with Gasteiger partial charge in [-0.05, 0) is 12.8 Å². The molecular weight excluding hydrogens is 383 g/mol. The number of quaternary nitrogens is 1. The SMILES string of the molecule is CCCCCCC/C=C/C(O)C(COP(=O)(O)OCC[N+](C)(C)C)NC(C)=O. The minimum Gasteiger partial charge on any atom is -0.387 e. The molecule has 0 heterocycles. The molecule has 0 aromatic rings. The molecule has 28 heavy (non-hydrogen) atoms. The summed E-state index contributed by atoms with van der Waals surface area (Å²) in [7, 11) is 1.55. The average Bonchev–Trinajstić information content (AvgIpc) is 2.56. The van der Waals surface area contributed by atoms with Crippen LogP contribution in [0.2, 0.25) is 0 Å². The van der Waals surface area contributed by atoms with Gasteiger partial charge in [0.15, 0.2) is 0 Å². The Kier molecular flexibility index (Phi) is 13.9. The van der Waals surface area contributed by atoms with Crippen LogP contribution in [0.4, 0.5) is 0 Å². The molecule has 166 valence electrons. The molecule has 0 aliphatic heterocycles. The van der Waals surface area contributed by atoms with Crippen LogP contribution in [0.1, 0.15) is 52.4 Å². The standard InChI is InChI=1S/C19H39N2O6P/c1-6-7-8-9-10-11-12-13-19(23)18(20-17(2)22)16-27-28(24,25)26-15-14-21(3,4)5/h12-13,18-19,23H,6-11,14-16H2,1-5H3,(H-,20,22,24,25)/p+1/b13-12+. The number of hydrogen-bond acceptors (Lipinski definition) is 5. The molecule has 1 amide bonds. The number of rotatable bonds is 16. The van der Waals surface area contributed by atoms with Crippen LogP contribution in [0, 0.1) is 0 Å². The van der Waals surface area contributed by atoms with Gasteiger partial charge >= 0.3 is 7.82 Å². The third kappa shape index (κ3) is 16.2. The number of phosphoric ester groups is 1. The van der Waals surface area contributed by atoms with Crippen molar-refractivity contribution in [2.45, 2.75) is 64.5 Å². The van der Waals surface area contributed by atoms with Gasteiger partial charge in [0.05, 0.1) is 39.9 Å². The lowest BCUT2D eigenvalue weighted by atomic mass is 10.1. The molecule has 0 aliphatic carbocycles. The lowest BCUT2D eigenvalue weighted by molar-refractivity contribution is -0.870. The van der Waals surface area contributed by atoms with Crippen molar-refractivity contribution >= 4 is 13.7 Å². The number of likely N-dealkylation sites (N-methyl/N-ethyl adjacent to an activating group) is 1. The summed E-state index contributed by atoms with van der Waals surface area (Å²) < 4.78 is 22.5. The van der Waals surface area contributed by atoms with E-state index >= 15 is 0 Å². The third-order valence-electron chi connectivity index (χ3n) is 4.04. The second-order valence-corrected chi connectivity index (χ2v) is 9.49. The maximum atomic E-state index is 12.0. The van der Waals surface area contributed by atoms with E-state index in [0.717, 1.165) is 19.3 Å². The third-order valence-corrected chi connectivity index (χ3v) is 5.03.